The topological polar surface area (TPSA) is 50.9 Å². The largest absolute Gasteiger partial charge is 0.453 e. The average molecular weight is 349 g/mol. The van der Waals surface area contributed by atoms with Crippen LogP contribution in [0.4, 0.5) is 5.69 Å². The molecule has 0 aromatic heterocycles. The zero-order valence-corrected chi connectivity index (χ0v) is 14.2. The maximum atomic E-state index is 6.25. The monoisotopic (exact) mass is 347 g/mol. The molecule has 0 saturated heterocycles. The van der Waals surface area contributed by atoms with Crippen molar-refractivity contribution in [1.82, 2.24) is 4.90 Å². The van der Waals surface area contributed by atoms with Gasteiger partial charge in [-0.1, -0.05) is 41.4 Å². The highest BCUT2D eigenvalue weighted by Crippen LogP contribution is 2.37. The molecule has 0 amide bonds. The van der Waals surface area contributed by atoms with Crippen molar-refractivity contribution < 1.29 is 4.74 Å². The molecule has 21 heavy (non-hydrogen) atoms. The predicted molar refractivity (Wildman–Crippen MR) is 91.4 cm³/mol. The van der Waals surface area contributed by atoms with Crippen LogP contribution in [0.5, 0.6) is 5.75 Å². The van der Waals surface area contributed by atoms with E-state index in [1.807, 2.05) is 0 Å². The highest BCUT2D eigenvalue weighted by atomic mass is 35.5. The van der Waals surface area contributed by atoms with Gasteiger partial charge in [0.15, 0.2) is 5.75 Å². The van der Waals surface area contributed by atoms with E-state index in [-0.39, 0.29) is 26.6 Å². The summed E-state index contributed by atoms with van der Waals surface area (Å²) in [5.41, 5.74) is 6.08. The lowest BCUT2D eigenvalue weighted by Crippen LogP contribution is -2.12. The third-order valence-corrected chi connectivity index (χ3v) is 3.30. The third-order valence-electron chi connectivity index (χ3n) is 2.36. The summed E-state index contributed by atoms with van der Waals surface area (Å²) in [7, 11) is 3.61. The number of halogens is 3. The number of hydrogen-bond acceptors (Lipinski definition) is 4. The zero-order valence-electron chi connectivity index (χ0n) is 12.0. The molecule has 0 spiro atoms. The summed E-state index contributed by atoms with van der Waals surface area (Å²) in [6.45, 7) is 5.56. The van der Waals surface area contributed by atoms with Gasteiger partial charge in [-0.3, -0.25) is 0 Å². The number of nitrogens with zero attached hydrogens (tertiary/aromatic N) is 2. The minimum Gasteiger partial charge on any atom is -0.453 e. The summed E-state index contributed by atoms with van der Waals surface area (Å²) in [6.07, 6.45) is 1.62. The van der Waals surface area contributed by atoms with Crippen molar-refractivity contribution in [1.29, 1.82) is 0 Å². The van der Waals surface area contributed by atoms with E-state index in [4.69, 9.17) is 45.3 Å². The van der Waals surface area contributed by atoms with Crippen LogP contribution in [0.3, 0.4) is 0 Å². The number of ether oxygens (including phenoxy) is 1. The standard InChI is InChI=1S/C14H16Cl3N3O/c1-5-19-14(20(3)4)12(17)8(2)21-13-10(15)6-9(18)7-11(13)16/h5-7H,2,18H2,1,3-4H3/b14-12-,19-5-. The van der Waals surface area contributed by atoms with Crippen molar-refractivity contribution in [2.45, 2.75) is 6.92 Å². The van der Waals surface area contributed by atoms with Crippen LogP contribution in [0.2, 0.25) is 10.0 Å². The van der Waals surface area contributed by atoms with Gasteiger partial charge in [0, 0.05) is 26.0 Å². The quantitative estimate of drug-likeness (QED) is 0.368. The zero-order chi connectivity index (χ0) is 16.2. The first kappa shape index (κ1) is 17.7. The smallest absolute Gasteiger partial charge is 0.164 e. The first-order chi connectivity index (χ1) is 9.77. The van der Waals surface area contributed by atoms with Gasteiger partial charge >= 0.3 is 0 Å². The van der Waals surface area contributed by atoms with Gasteiger partial charge in [0.25, 0.3) is 0 Å². The Bertz CT molecular complexity index is 586. The van der Waals surface area contributed by atoms with Crippen molar-refractivity contribution in [3.63, 3.8) is 0 Å². The average Bonchev–Trinajstić information content (AvgIpc) is 2.38. The molecular weight excluding hydrogens is 333 g/mol. The van der Waals surface area contributed by atoms with Gasteiger partial charge < -0.3 is 15.4 Å². The van der Waals surface area contributed by atoms with E-state index in [1.165, 1.54) is 12.1 Å². The molecule has 0 unspecified atom stereocenters. The van der Waals surface area contributed by atoms with Crippen LogP contribution in [0.15, 0.2) is 40.3 Å². The Kier molecular flexibility index (Phi) is 6.40. The van der Waals surface area contributed by atoms with E-state index in [1.54, 1.807) is 32.1 Å². The fourth-order valence-corrected chi connectivity index (χ4v) is 2.30. The SMILES string of the molecule is C=C(Oc1c(Cl)cc(N)cc1Cl)/C(Cl)=C(\N=C/C)N(C)C. The van der Waals surface area contributed by atoms with Crippen LogP contribution in [0.25, 0.3) is 0 Å². The van der Waals surface area contributed by atoms with Crippen LogP contribution >= 0.6 is 34.8 Å². The molecule has 0 atom stereocenters. The minimum absolute atomic E-state index is 0.180. The normalized spacial score (nSPS) is 12.3. The molecule has 1 aromatic carbocycles. The van der Waals surface area contributed by atoms with E-state index in [2.05, 4.69) is 11.6 Å². The number of allylic oxidation sites excluding steroid dienone is 1. The van der Waals surface area contributed by atoms with Gasteiger partial charge in [-0.05, 0) is 19.1 Å². The molecule has 4 nitrogen and oxygen atoms in total. The van der Waals surface area contributed by atoms with Crippen molar-refractivity contribution >= 4 is 46.7 Å². The molecule has 2 N–H and O–H groups in total. The number of nitrogen functional groups attached to an aromatic ring is 1. The number of nitrogens with two attached hydrogens (primary N) is 1. The lowest BCUT2D eigenvalue weighted by Gasteiger charge is -2.17. The Morgan fingerprint density at radius 2 is 1.86 bits per heavy atom. The number of hydrogen-bond donors (Lipinski definition) is 1. The van der Waals surface area contributed by atoms with Gasteiger partial charge in [0.05, 0.1) is 10.0 Å². The molecule has 0 fully saturated rings. The molecule has 114 valence electrons. The molecule has 1 rings (SSSR count). The Morgan fingerprint density at radius 1 is 1.33 bits per heavy atom. The van der Waals surface area contributed by atoms with Gasteiger partial charge in [-0.15, -0.1) is 0 Å². The van der Waals surface area contributed by atoms with Crippen molar-refractivity contribution in [3.8, 4) is 5.75 Å². The third kappa shape index (κ3) is 4.56. The fraction of sp³-hybridized carbons (Fsp3) is 0.214. The van der Waals surface area contributed by atoms with Gasteiger partial charge in [-0.25, -0.2) is 4.99 Å². The summed E-state index contributed by atoms with van der Waals surface area (Å²) in [4.78, 5) is 5.91. The number of aliphatic imine (C=N–C) groups is 1. The minimum atomic E-state index is 0.180. The molecule has 0 saturated carbocycles. The second-order valence-corrected chi connectivity index (χ2v) is 5.45. The van der Waals surface area contributed by atoms with Crippen LogP contribution in [0, 0.1) is 0 Å². The van der Waals surface area contributed by atoms with E-state index >= 15 is 0 Å². The number of benzene rings is 1. The maximum absolute atomic E-state index is 6.25. The molecule has 7 heteroatoms. The van der Waals surface area contributed by atoms with Crippen LogP contribution in [0.1, 0.15) is 6.92 Å². The summed E-state index contributed by atoms with van der Waals surface area (Å²) in [5.74, 6) is 0.931. The molecule has 0 bridgehead atoms. The molecule has 0 aliphatic heterocycles. The second kappa shape index (κ2) is 7.59. The summed E-state index contributed by atoms with van der Waals surface area (Å²) in [6, 6.07) is 3.06. The Hall–Kier alpha value is -1.36. The first-order valence-electron chi connectivity index (χ1n) is 5.95. The van der Waals surface area contributed by atoms with Crippen molar-refractivity contribution in [2.75, 3.05) is 19.8 Å². The number of rotatable bonds is 5. The van der Waals surface area contributed by atoms with E-state index in [9.17, 15) is 0 Å². The van der Waals surface area contributed by atoms with Gasteiger partial charge in [-0.2, -0.15) is 0 Å². The van der Waals surface area contributed by atoms with Crippen LogP contribution < -0.4 is 10.5 Å². The second-order valence-electron chi connectivity index (χ2n) is 4.26. The maximum Gasteiger partial charge on any atom is 0.164 e. The van der Waals surface area contributed by atoms with Gasteiger partial charge in [0.1, 0.15) is 16.6 Å². The van der Waals surface area contributed by atoms with Crippen molar-refractivity contribution in [2.24, 2.45) is 4.99 Å². The molecule has 0 heterocycles. The lowest BCUT2D eigenvalue weighted by molar-refractivity contribution is 0.434. The van der Waals surface area contributed by atoms with Crippen molar-refractivity contribution in [3.05, 3.63) is 45.4 Å². The Labute approximate surface area is 139 Å². The predicted octanol–water partition coefficient (Wildman–Crippen LogP) is 4.53. The molecule has 0 aliphatic carbocycles. The Balaban J connectivity index is 3.14. The fourth-order valence-electron chi connectivity index (χ4n) is 1.46. The van der Waals surface area contributed by atoms with Gasteiger partial charge in [0.2, 0.25) is 0 Å². The van der Waals surface area contributed by atoms with E-state index < -0.39 is 0 Å². The van der Waals surface area contributed by atoms with Crippen LogP contribution in [-0.4, -0.2) is 25.2 Å². The van der Waals surface area contributed by atoms with Crippen LogP contribution in [-0.2, 0) is 0 Å². The molecule has 0 aliphatic rings. The highest BCUT2D eigenvalue weighted by Gasteiger charge is 2.15. The lowest BCUT2D eigenvalue weighted by atomic mass is 10.3. The first-order valence-corrected chi connectivity index (χ1v) is 7.08. The summed E-state index contributed by atoms with van der Waals surface area (Å²) >= 11 is 18.4. The molecular formula is C14H16Cl3N3O. The number of anilines is 1. The van der Waals surface area contributed by atoms with E-state index in [0.717, 1.165) is 0 Å². The Morgan fingerprint density at radius 3 is 2.29 bits per heavy atom. The summed E-state index contributed by atoms with van der Waals surface area (Å²) in [5, 5.41) is 0.800. The molecule has 0 radical (unpaired) electrons. The highest BCUT2D eigenvalue weighted by molar-refractivity contribution is 6.37. The summed E-state index contributed by atoms with van der Waals surface area (Å²) < 4.78 is 5.57. The van der Waals surface area contributed by atoms with E-state index in [0.29, 0.717) is 11.5 Å². The molecule has 1 aromatic rings.